The molecule has 172 valence electrons. The smallest absolute Gasteiger partial charge is 0.127 e. The minimum absolute atomic E-state index is 0.0734. The van der Waals surface area contributed by atoms with Crippen molar-refractivity contribution in [3.63, 3.8) is 0 Å². The van der Waals surface area contributed by atoms with E-state index in [-0.39, 0.29) is 16.2 Å². The normalized spacial score (nSPS) is 12.8. The first-order valence-electron chi connectivity index (χ1n) is 10.8. The molecule has 0 aliphatic heterocycles. The lowest BCUT2D eigenvalue weighted by Gasteiger charge is -2.33. The van der Waals surface area contributed by atoms with Crippen molar-refractivity contribution >= 4 is 23.2 Å². The van der Waals surface area contributed by atoms with Gasteiger partial charge < -0.3 is 9.47 Å². The molecule has 0 aromatic heterocycles. The Labute approximate surface area is 199 Å². The van der Waals surface area contributed by atoms with E-state index in [0.29, 0.717) is 11.8 Å². The molecule has 0 aliphatic carbocycles. The van der Waals surface area contributed by atoms with E-state index in [1.807, 2.05) is 0 Å². The lowest BCUT2D eigenvalue weighted by Crippen LogP contribution is -2.24. The van der Waals surface area contributed by atoms with Crippen molar-refractivity contribution in [1.29, 1.82) is 0 Å². The first-order valence-corrected chi connectivity index (χ1v) is 11.8. The maximum atomic E-state index is 6.36. The van der Waals surface area contributed by atoms with Gasteiger partial charge >= 0.3 is 0 Å². The molecule has 0 fully saturated rings. The number of alkyl halides is 2. The number of hydrogen-bond acceptors (Lipinski definition) is 2. The molecule has 0 aliphatic rings. The van der Waals surface area contributed by atoms with Crippen LogP contribution in [-0.2, 0) is 28.0 Å². The lowest BCUT2D eigenvalue weighted by atomic mass is 9.72. The first kappa shape index (κ1) is 25.9. The molecule has 31 heavy (non-hydrogen) atoms. The van der Waals surface area contributed by atoms with Gasteiger partial charge in [-0.05, 0) is 34.1 Å². The van der Waals surface area contributed by atoms with Gasteiger partial charge in [0.2, 0.25) is 0 Å². The van der Waals surface area contributed by atoms with Gasteiger partial charge in [0.1, 0.15) is 11.5 Å². The largest absolute Gasteiger partial charge is 0.496 e. The van der Waals surface area contributed by atoms with Gasteiger partial charge in [-0.15, -0.1) is 23.2 Å². The molecule has 2 rings (SSSR count). The van der Waals surface area contributed by atoms with Crippen LogP contribution < -0.4 is 9.47 Å². The summed E-state index contributed by atoms with van der Waals surface area (Å²) in [6.45, 7) is 17.7. The second kappa shape index (κ2) is 9.24. The predicted molar refractivity (Wildman–Crippen MR) is 135 cm³/mol. The Morgan fingerprint density at radius 2 is 0.935 bits per heavy atom. The van der Waals surface area contributed by atoms with Crippen LogP contribution >= 0.6 is 23.2 Å². The summed E-state index contributed by atoms with van der Waals surface area (Å²) < 4.78 is 11.6. The van der Waals surface area contributed by atoms with Gasteiger partial charge in [-0.25, -0.2) is 0 Å². The molecule has 0 N–H and O–H groups in total. The van der Waals surface area contributed by atoms with Crippen molar-refractivity contribution in [3.05, 3.63) is 57.6 Å². The van der Waals surface area contributed by atoms with Gasteiger partial charge in [0.15, 0.2) is 0 Å². The van der Waals surface area contributed by atoms with Gasteiger partial charge in [0, 0.05) is 27.7 Å². The fourth-order valence-electron chi connectivity index (χ4n) is 4.06. The van der Waals surface area contributed by atoms with E-state index in [1.54, 1.807) is 14.2 Å². The van der Waals surface area contributed by atoms with Crippen LogP contribution in [0.3, 0.4) is 0 Å². The summed E-state index contributed by atoms with van der Waals surface area (Å²) in [6.07, 6.45) is 0. The highest BCUT2D eigenvalue weighted by molar-refractivity contribution is 6.17. The van der Waals surface area contributed by atoms with E-state index in [9.17, 15) is 0 Å². The van der Waals surface area contributed by atoms with Gasteiger partial charge in [-0.1, -0.05) is 67.5 Å². The Balaban J connectivity index is 2.84. The van der Waals surface area contributed by atoms with Crippen LogP contribution in [0.4, 0.5) is 0 Å². The molecule has 0 saturated carbocycles. The van der Waals surface area contributed by atoms with Gasteiger partial charge in [0.25, 0.3) is 0 Å². The van der Waals surface area contributed by atoms with Gasteiger partial charge in [-0.2, -0.15) is 0 Å². The van der Waals surface area contributed by atoms with Crippen molar-refractivity contribution in [2.45, 2.75) is 83.4 Å². The molecule has 2 aromatic rings. The third kappa shape index (κ3) is 5.17. The standard InChI is InChI=1S/C27H38Cl2O2/c1-25(2,3)21-13-19(11-17(15-28)23(21)30-9)27(7,8)20-12-18(16-29)24(31-10)22(14-20)26(4,5)6/h11-14H,15-16H2,1-10H3. The van der Waals surface area contributed by atoms with E-state index in [4.69, 9.17) is 32.7 Å². The second-order valence-corrected chi connectivity index (χ2v) is 11.4. The third-order valence-electron chi connectivity index (χ3n) is 6.09. The molecule has 0 bridgehead atoms. The molecule has 0 atom stereocenters. The number of hydrogen-bond donors (Lipinski definition) is 0. The summed E-state index contributed by atoms with van der Waals surface area (Å²) >= 11 is 12.7. The Kier molecular flexibility index (Phi) is 7.71. The Morgan fingerprint density at radius 3 is 1.16 bits per heavy atom. The molecule has 4 heteroatoms. The SMILES string of the molecule is COc1c(CCl)cc(C(C)(C)c2cc(CCl)c(OC)c(C(C)(C)C)c2)cc1C(C)(C)C. The van der Waals surface area contributed by atoms with Crippen LogP contribution in [0.25, 0.3) is 0 Å². The molecule has 2 nitrogen and oxygen atoms in total. The predicted octanol–water partition coefficient (Wildman–Crippen LogP) is 8.10. The Bertz CT molecular complexity index is 856. The summed E-state index contributed by atoms with van der Waals surface area (Å²) in [5.74, 6) is 2.57. The van der Waals surface area contributed by atoms with Crippen molar-refractivity contribution in [3.8, 4) is 11.5 Å². The molecular weight excluding hydrogens is 427 g/mol. The zero-order chi connectivity index (χ0) is 23.8. The highest BCUT2D eigenvalue weighted by Crippen LogP contribution is 2.44. The van der Waals surface area contributed by atoms with Crippen LogP contribution in [0.1, 0.15) is 88.8 Å². The number of halogens is 2. The van der Waals surface area contributed by atoms with E-state index in [0.717, 1.165) is 22.6 Å². The third-order valence-corrected chi connectivity index (χ3v) is 6.66. The molecule has 2 aromatic carbocycles. The fraction of sp³-hybridized carbons (Fsp3) is 0.556. The minimum Gasteiger partial charge on any atom is -0.496 e. The molecule has 0 heterocycles. The van der Waals surface area contributed by atoms with Crippen LogP contribution in [0.15, 0.2) is 24.3 Å². The van der Waals surface area contributed by atoms with Crippen LogP contribution in [0.5, 0.6) is 11.5 Å². The number of rotatable bonds is 6. The topological polar surface area (TPSA) is 18.5 Å². The average Bonchev–Trinajstić information content (AvgIpc) is 2.69. The van der Waals surface area contributed by atoms with E-state index in [2.05, 4.69) is 79.7 Å². The highest BCUT2D eigenvalue weighted by Gasteiger charge is 2.31. The van der Waals surface area contributed by atoms with Gasteiger partial charge in [0.05, 0.1) is 26.0 Å². The molecule has 0 amide bonds. The van der Waals surface area contributed by atoms with Crippen molar-refractivity contribution in [2.24, 2.45) is 0 Å². The Hall–Kier alpha value is -1.38. The summed E-state index contributed by atoms with van der Waals surface area (Å²) in [6, 6.07) is 8.91. The van der Waals surface area contributed by atoms with E-state index >= 15 is 0 Å². The second-order valence-electron chi connectivity index (χ2n) is 10.8. The molecular formula is C27H38Cl2O2. The quantitative estimate of drug-likeness (QED) is 0.401. The van der Waals surface area contributed by atoms with Crippen molar-refractivity contribution in [2.75, 3.05) is 14.2 Å². The van der Waals surface area contributed by atoms with Crippen molar-refractivity contribution < 1.29 is 9.47 Å². The van der Waals surface area contributed by atoms with Gasteiger partial charge in [-0.3, -0.25) is 0 Å². The maximum Gasteiger partial charge on any atom is 0.127 e. The number of methoxy groups -OCH3 is 2. The lowest BCUT2D eigenvalue weighted by molar-refractivity contribution is 0.392. The molecule has 0 spiro atoms. The number of benzene rings is 2. The first-order chi connectivity index (χ1) is 14.2. The summed E-state index contributed by atoms with van der Waals surface area (Å²) in [4.78, 5) is 0. The summed E-state index contributed by atoms with van der Waals surface area (Å²) in [5.41, 5.74) is 6.37. The number of ether oxygens (including phenoxy) is 2. The Morgan fingerprint density at radius 1 is 0.613 bits per heavy atom. The monoisotopic (exact) mass is 464 g/mol. The zero-order valence-electron chi connectivity index (χ0n) is 20.8. The highest BCUT2D eigenvalue weighted by atomic mass is 35.5. The van der Waals surface area contributed by atoms with E-state index in [1.165, 1.54) is 22.3 Å². The fourth-order valence-corrected chi connectivity index (χ4v) is 4.46. The summed E-state index contributed by atoms with van der Waals surface area (Å²) in [7, 11) is 3.44. The zero-order valence-corrected chi connectivity index (χ0v) is 22.3. The van der Waals surface area contributed by atoms with Crippen LogP contribution in [0, 0.1) is 0 Å². The molecule has 0 unspecified atom stereocenters. The minimum atomic E-state index is -0.264. The van der Waals surface area contributed by atoms with Crippen LogP contribution in [-0.4, -0.2) is 14.2 Å². The molecule has 0 saturated heterocycles. The van der Waals surface area contributed by atoms with Crippen molar-refractivity contribution in [1.82, 2.24) is 0 Å². The van der Waals surface area contributed by atoms with Crippen LogP contribution in [0.2, 0.25) is 0 Å². The summed E-state index contributed by atoms with van der Waals surface area (Å²) in [5, 5.41) is 0. The van der Waals surface area contributed by atoms with E-state index < -0.39 is 0 Å². The average molecular weight is 466 g/mol. The maximum absolute atomic E-state index is 6.36. The molecule has 0 radical (unpaired) electrons.